The molecule has 1 aromatic rings. The first-order valence-corrected chi connectivity index (χ1v) is 6.64. The number of ketones is 1. The molecule has 0 aliphatic carbocycles. The molecule has 0 saturated heterocycles. The third-order valence-corrected chi connectivity index (χ3v) is 3.74. The van der Waals surface area contributed by atoms with Crippen LogP contribution in [-0.2, 0) is 0 Å². The van der Waals surface area contributed by atoms with Gasteiger partial charge in [0.2, 0.25) is 0 Å². The number of benzene rings is 1. The van der Waals surface area contributed by atoms with Crippen LogP contribution in [-0.4, -0.2) is 18.9 Å². The van der Waals surface area contributed by atoms with E-state index in [4.69, 9.17) is 0 Å². The lowest BCUT2D eigenvalue weighted by molar-refractivity contribution is 0.0988. The summed E-state index contributed by atoms with van der Waals surface area (Å²) in [4.78, 5) is 14.2. The van der Waals surface area contributed by atoms with E-state index in [0.717, 1.165) is 11.3 Å². The van der Waals surface area contributed by atoms with Crippen molar-refractivity contribution in [2.75, 3.05) is 11.9 Å². The second-order valence-electron chi connectivity index (χ2n) is 5.95. The van der Waals surface area contributed by atoms with E-state index >= 15 is 0 Å². The monoisotopic (exact) mass is 247 g/mol. The van der Waals surface area contributed by atoms with Crippen molar-refractivity contribution >= 4 is 11.5 Å². The smallest absolute Gasteiger partial charge is 0.164 e. The van der Waals surface area contributed by atoms with Crippen molar-refractivity contribution < 1.29 is 4.79 Å². The fourth-order valence-electron chi connectivity index (χ4n) is 2.00. The summed E-state index contributed by atoms with van der Waals surface area (Å²) in [5.74, 6) is 0.207. The van der Waals surface area contributed by atoms with E-state index in [1.165, 1.54) is 0 Å². The number of rotatable bonds is 4. The second-order valence-corrected chi connectivity index (χ2v) is 5.95. The zero-order chi connectivity index (χ0) is 13.9. The van der Waals surface area contributed by atoms with Crippen LogP contribution in [0.15, 0.2) is 24.3 Å². The van der Waals surface area contributed by atoms with Gasteiger partial charge in [0, 0.05) is 30.8 Å². The highest BCUT2D eigenvalue weighted by Gasteiger charge is 2.25. The van der Waals surface area contributed by atoms with Crippen LogP contribution >= 0.6 is 0 Å². The fraction of sp³-hybridized carbons (Fsp3) is 0.562. The SMILES string of the molecule is CCC(=O)c1ccccc1N(C)C(C)C(C)(C)C. The summed E-state index contributed by atoms with van der Waals surface area (Å²) >= 11 is 0. The van der Waals surface area contributed by atoms with E-state index in [1.54, 1.807) is 0 Å². The maximum Gasteiger partial charge on any atom is 0.164 e. The summed E-state index contributed by atoms with van der Waals surface area (Å²) in [5.41, 5.74) is 2.04. The van der Waals surface area contributed by atoms with Gasteiger partial charge in [0.1, 0.15) is 0 Å². The molecule has 0 bridgehead atoms. The molecule has 0 heterocycles. The van der Waals surface area contributed by atoms with Gasteiger partial charge in [-0.25, -0.2) is 0 Å². The molecule has 2 heteroatoms. The van der Waals surface area contributed by atoms with E-state index in [-0.39, 0.29) is 11.2 Å². The molecule has 1 aromatic carbocycles. The molecule has 0 amide bonds. The molecule has 0 aliphatic heterocycles. The predicted octanol–water partition coefficient (Wildman–Crippen LogP) is 4.15. The van der Waals surface area contributed by atoms with Gasteiger partial charge in [-0.2, -0.15) is 0 Å². The van der Waals surface area contributed by atoms with Crippen molar-refractivity contribution in [3.63, 3.8) is 0 Å². The number of Topliss-reactive ketones (excluding diaryl/α,β-unsaturated/α-hetero) is 1. The molecule has 100 valence electrons. The van der Waals surface area contributed by atoms with Crippen LogP contribution in [0.4, 0.5) is 5.69 Å². The van der Waals surface area contributed by atoms with Crippen LogP contribution in [0, 0.1) is 5.41 Å². The lowest BCUT2D eigenvalue weighted by Crippen LogP contribution is -2.40. The minimum absolute atomic E-state index is 0.178. The molecule has 0 N–H and O–H groups in total. The third-order valence-electron chi connectivity index (χ3n) is 3.74. The van der Waals surface area contributed by atoms with Crippen molar-refractivity contribution in [2.45, 2.75) is 47.1 Å². The summed E-state index contributed by atoms with van der Waals surface area (Å²) in [6.45, 7) is 10.8. The highest BCUT2D eigenvalue weighted by atomic mass is 16.1. The Hall–Kier alpha value is -1.31. The van der Waals surface area contributed by atoms with Gasteiger partial charge in [0.15, 0.2) is 5.78 Å². The van der Waals surface area contributed by atoms with E-state index in [0.29, 0.717) is 12.5 Å². The number of carbonyl (C=O) groups is 1. The van der Waals surface area contributed by atoms with E-state index < -0.39 is 0 Å². The molecule has 18 heavy (non-hydrogen) atoms. The topological polar surface area (TPSA) is 20.3 Å². The first-order chi connectivity index (χ1) is 8.29. The summed E-state index contributed by atoms with van der Waals surface area (Å²) in [6.07, 6.45) is 0.550. The number of nitrogens with zero attached hydrogens (tertiary/aromatic N) is 1. The van der Waals surface area contributed by atoms with Crippen LogP contribution in [0.5, 0.6) is 0 Å². The highest BCUT2D eigenvalue weighted by molar-refractivity contribution is 6.01. The maximum absolute atomic E-state index is 12.0. The first-order valence-electron chi connectivity index (χ1n) is 6.64. The molecule has 2 nitrogen and oxygen atoms in total. The van der Waals surface area contributed by atoms with E-state index in [1.807, 2.05) is 31.2 Å². The van der Waals surface area contributed by atoms with Gasteiger partial charge in [-0.1, -0.05) is 39.8 Å². The second kappa shape index (κ2) is 5.55. The molecular formula is C16H25NO. The van der Waals surface area contributed by atoms with Gasteiger partial charge in [-0.15, -0.1) is 0 Å². The molecule has 0 spiro atoms. The van der Waals surface area contributed by atoms with Crippen molar-refractivity contribution in [3.05, 3.63) is 29.8 Å². The Morgan fingerprint density at radius 3 is 2.33 bits per heavy atom. The first kappa shape index (κ1) is 14.7. The van der Waals surface area contributed by atoms with Crippen LogP contribution in [0.3, 0.4) is 0 Å². The molecule has 1 unspecified atom stereocenters. The van der Waals surface area contributed by atoms with Gasteiger partial charge in [0.25, 0.3) is 0 Å². The van der Waals surface area contributed by atoms with Gasteiger partial charge >= 0.3 is 0 Å². The van der Waals surface area contributed by atoms with Crippen LogP contribution < -0.4 is 4.90 Å². The molecule has 0 radical (unpaired) electrons. The molecule has 0 saturated carbocycles. The normalized spacial score (nSPS) is 13.2. The van der Waals surface area contributed by atoms with Gasteiger partial charge in [-0.05, 0) is 24.5 Å². The average Bonchev–Trinajstić information content (AvgIpc) is 2.35. The predicted molar refractivity (Wildman–Crippen MR) is 78.4 cm³/mol. The zero-order valence-electron chi connectivity index (χ0n) is 12.4. The Bertz CT molecular complexity index is 417. The van der Waals surface area contributed by atoms with Crippen molar-refractivity contribution in [2.24, 2.45) is 5.41 Å². The Labute approximate surface area is 111 Å². The summed E-state index contributed by atoms with van der Waals surface area (Å²) in [6, 6.07) is 8.25. The highest BCUT2D eigenvalue weighted by Crippen LogP contribution is 2.29. The summed E-state index contributed by atoms with van der Waals surface area (Å²) in [7, 11) is 2.07. The van der Waals surface area contributed by atoms with E-state index in [9.17, 15) is 4.79 Å². The molecular weight excluding hydrogens is 222 g/mol. The molecule has 0 aliphatic rings. The molecule has 1 rings (SSSR count). The maximum atomic E-state index is 12.0. The lowest BCUT2D eigenvalue weighted by atomic mass is 9.86. The summed E-state index contributed by atoms with van der Waals surface area (Å²) < 4.78 is 0. The number of carbonyl (C=O) groups excluding carboxylic acids is 1. The molecule has 0 fully saturated rings. The quantitative estimate of drug-likeness (QED) is 0.745. The Balaban J connectivity index is 3.13. The van der Waals surface area contributed by atoms with Crippen molar-refractivity contribution in [1.82, 2.24) is 0 Å². The number of anilines is 1. The number of hydrogen-bond acceptors (Lipinski definition) is 2. The van der Waals surface area contributed by atoms with Gasteiger partial charge < -0.3 is 4.90 Å². The third kappa shape index (κ3) is 3.12. The minimum Gasteiger partial charge on any atom is -0.371 e. The van der Waals surface area contributed by atoms with Crippen LogP contribution in [0.1, 0.15) is 51.4 Å². The zero-order valence-corrected chi connectivity index (χ0v) is 12.4. The lowest BCUT2D eigenvalue weighted by Gasteiger charge is -2.37. The Kier molecular flexibility index (Phi) is 4.55. The average molecular weight is 247 g/mol. The molecule has 0 aromatic heterocycles. The van der Waals surface area contributed by atoms with Crippen LogP contribution in [0.25, 0.3) is 0 Å². The Morgan fingerprint density at radius 1 is 1.28 bits per heavy atom. The minimum atomic E-state index is 0.178. The fourth-order valence-corrected chi connectivity index (χ4v) is 2.00. The van der Waals surface area contributed by atoms with Crippen molar-refractivity contribution in [1.29, 1.82) is 0 Å². The van der Waals surface area contributed by atoms with Crippen molar-refractivity contribution in [3.8, 4) is 0 Å². The van der Waals surface area contributed by atoms with Gasteiger partial charge in [-0.3, -0.25) is 4.79 Å². The van der Waals surface area contributed by atoms with Crippen LogP contribution in [0.2, 0.25) is 0 Å². The summed E-state index contributed by atoms with van der Waals surface area (Å²) in [5, 5.41) is 0. The van der Waals surface area contributed by atoms with Gasteiger partial charge in [0.05, 0.1) is 0 Å². The standard InChI is InChI=1S/C16H25NO/c1-7-15(18)13-10-8-9-11-14(13)17(6)12(2)16(3,4)5/h8-12H,7H2,1-6H3. The number of para-hydroxylation sites is 1. The largest absolute Gasteiger partial charge is 0.371 e. The molecule has 1 atom stereocenters. The number of hydrogen-bond donors (Lipinski definition) is 0. The Morgan fingerprint density at radius 2 is 1.83 bits per heavy atom. The van der Waals surface area contributed by atoms with E-state index in [2.05, 4.69) is 39.6 Å².